The molecule has 3 aromatic rings. The van der Waals surface area contributed by atoms with Gasteiger partial charge in [-0.3, -0.25) is 4.31 Å². The molecule has 252 valence electrons. The average molecular weight is 673 g/mol. The van der Waals surface area contributed by atoms with Crippen LogP contribution in [0.3, 0.4) is 0 Å². The molecule has 2 aromatic carbocycles. The smallest absolute Gasteiger partial charge is 0.319 e. The highest BCUT2D eigenvalue weighted by Gasteiger charge is 2.46. The Labute approximate surface area is 281 Å². The van der Waals surface area contributed by atoms with Crippen LogP contribution in [0.5, 0.6) is 11.8 Å². The summed E-state index contributed by atoms with van der Waals surface area (Å²) in [4.78, 5) is 13.9. The summed E-state index contributed by atoms with van der Waals surface area (Å²) < 4.78 is 52.8. The van der Waals surface area contributed by atoms with E-state index in [9.17, 15) is 13.5 Å². The van der Waals surface area contributed by atoms with Crippen LogP contribution >= 0.6 is 0 Å². The molecular formula is C36H41FN6O4S. The van der Waals surface area contributed by atoms with E-state index >= 15 is 4.39 Å². The van der Waals surface area contributed by atoms with Crippen LogP contribution in [0.4, 0.5) is 10.2 Å². The second-order valence-electron chi connectivity index (χ2n) is 14.8. The van der Waals surface area contributed by atoms with Gasteiger partial charge in [0.1, 0.15) is 11.6 Å². The van der Waals surface area contributed by atoms with E-state index in [1.165, 1.54) is 22.5 Å². The van der Waals surface area contributed by atoms with Gasteiger partial charge in [-0.15, -0.1) is 6.42 Å². The number of ether oxygens (including phenoxy) is 1. The van der Waals surface area contributed by atoms with Crippen molar-refractivity contribution in [1.29, 1.82) is 0 Å². The lowest BCUT2D eigenvalue weighted by Crippen LogP contribution is -2.58. The average Bonchev–Trinajstić information content (AvgIpc) is 3.98. The Balaban J connectivity index is 1.30. The number of hydrogen-bond donors (Lipinski definition) is 2. The van der Waals surface area contributed by atoms with Crippen LogP contribution in [0.1, 0.15) is 55.3 Å². The molecular weight excluding hydrogens is 631 g/mol. The van der Waals surface area contributed by atoms with Crippen LogP contribution in [-0.4, -0.2) is 92.7 Å². The van der Waals surface area contributed by atoms with Crippen LogP contribution in [0.2, 0.25) is 0 Å². The Bertz CT molecular complexity index is 1990. The molecule has 2 N–H and O–H groups in total. The predicted octanol–water partition coefficient (Wildman–Crippen LogP) is 4.28. The van der Waals surface area contributed by atoms with Crippen molar-refractivity contribution in [3.8, 4) is 24.1 Å². The van der Waals surface area contributed by atoms with Gasteiger partial charge in [0.2, 0.25) is 0 Å². The summed E-state index contributed by atoms with van der Waals surface area (Å²) in [5.74, 6) is 2.32. The summed E-state index contributed by atoms with van der Waals surface area (Å²) >= 11 is 0. The molecule has 3 aliphatic heterocycles. The first kappa shape index (κ1) is 31.4. The van der Waals surface area contributed by atoms with E-state index < -0.39 is 15.8 Å². The fourth-order valence-corrected chi connectivity index (χ4v) is 9.46. The summed E-state index contributed by atoms with van der Waals surface area (Å²) in [6.45, 7) is 4.84. The van der Waals surface area contributed by atoms with E-state index in [-0.39, 0.29) is 56.9 Å². The Morgan fingerprint density at radius 3 is 2.52 bits per heavy atom. The number of aromatic nitrogens is 2. The predicted molar refractivity (Wildman–Crippen MR) is 182 cm³/mol. The first-order valence-electron chi connectivity index (χ1n) is 16.8. The summed E-state index contributed by atoms with van der Waals surface area (Å²) in [5.41, 5.74) is 1.11. The maximum absolute atomic E-state index is 15.1. The Morgan fingerprint density at radius 1 is 1.15 bits per heavy atom. The molecule has 0 radical (unpaired) electrons. The first-order valence-corrected chi connectivity index (χ1v) is 18.3. The highest BCUT2D eigenvalue weighted by Crippen LogP contribution is 2.48. The van der Waals surface area contributed by atoms with E-state index in [1.54, 1.807) is 12.1 Å². The second kappa shape index (κ2) is 11.3. The molecule has 8 rings (SSSR count). The van der Waals surface area contributed by atoms with Crippen molar-refractivity contribution in [3.63, 3.8) is 0 Å². The summed E-state index contributed by atoms with van der Waals surface area (Å²) in [6, 6.07) is 5.91. The van der Waals surface area contributed by atoms with Gasteiger partial charge < -0.3 is 25.0 Å². The molecule has 48 heavy (non-hydrogen) atoms. The largest absolute Gasteiger partial charge is 0.508 e. The molecule has 5 aliphatic rings. The van der Waals surface area contributed by atoms with Crippen molar-refractivity contribution in [1.82, 2.24) is 24.5 Å². The molecule has 4 heterocycles. The number of phenols is 1. The lowest BCUT2D eigenvalue weighted by Gasteiger charge is -2.49. The maximum atomic E-state index is 15.1. The third-order valence-corrected chi connectivity index (χ3v) is 12.6. The molecule has 0 amide bonds. The Kier molecular flexibility index (Phi) is 7.40. The van der Waals surface area contributed by atoms with Crippen LogP contribution in [0.15, 0.2) is 29.2 Å². The van der Waals surface area contributed by atoms with Crippen LogP contribution < -0.4 is 15.0 Å². The fraction of sp³-hybridized carbons (Fsp3) is 0.500. The van der Waals surface area contributed by atoms with Crippen LogP contribution in [0.25, 0.3) is 22.5 Å². The van der Waals surface area contributed by atoms with Crippen molar-refractivity contribution >= 4 is 38.4 Å². The Hall–Kier alpha value is -3.92. The number of terminal acetylenes is 1. The summed E-state index contributed by atoms with van der Waals surface area (Å²) in [6.07, 6.45) is 13.3. The van der Waals surface area contributed by atoms with Crippen molar-refractivity contribution in [3.05, 3.63) is 46.9 Å². The minimum Gasteiger partial charge on any atom is -0.508 e. The molecule has 10 nitrogen and oxygen atoms in total. The molecule has 0 unspecified atom stereocenters. The van der Waals surface area contributed by atoms with Gasteiger partial charge >= 0.3 is 6.01 Å². The lowest BCUT2D eigenvalue weighted by molar-refractivity contribution is 0.125. The number of nitrogens with zero attached hydrogens (tertiary/aromatic N) is 5. The quantitative estimate of drug-likeness (QED) is 0.322. The molecule has 1 spiro atoms. The molecule has 0 bridgehead atoms. The molecule has 12 heteroatoms. The maximum Gasteiger partial charge on any atom is 0.319 e. The lowest BCUT2D eigenvalue weighted by atomic mass is 9.73. The SMILES string of the molecule is C#Cc1c(F)ccc2cc(O)cc(C3=Cc4nc(OCC5(CN(C)C)CC5)nc(N5CCC6(CC5)CNC6)c4S(=O)(=O)N3CC3CC3)c12. The number of aromatic hydroxyl groups is 1. The minimum absolute atomic E-state index is 0.00807. The van der Waals surface area contributed by atoms with E-state index in [0.29, 0.717) is 41.9 Å². The Morgan fingerprint density at radius 2 is 1.90 bits per heavy atom. The van der Waals surface area contributed by atoms with E-state index in [2.05, 4.69) is 21.0 Å². The number of hydrogen-bond acceptors (Lipinski definition) is 9. The molecule has 2 aliphatic carbocycles. The van der Waals surface area contributed by atoms with E-state index in [0.717, 1.165) is 58.2 Å². The molecule has 2 saturated carbocycles. The fourth-order valence-electron chi connectivity index (χ4n) is 7.65. The first-order chi connectivity index (χ1) is 23.0. The van der Waals surface area contributed by atoms with Gasteiger partial charge in [-0.2, -0.15) is 9.97 Å². The van der Waals surface area contributed by atoms with Crippen LogP contribution in [-0.2, 0) is 10.0 Å². The zero-order valence-corrected chi connectivity index (χ0v) is 28.2. The number of anilines is 1. The molecule has 0 atom stereocenters. The zero-order chi connectivity index (χ0) is 33.4. The van der Waals surface area contributed by atoms with Crippen LogP contribution in [0, 0.1) is 34.9 Å². The number of halogens is 1. The minimum atomic E-state index is -4.21. The van der Waals surface area contributed by atoms with E-state index in [1.807, 2.05) is 14.1 Å². The number of phenolic OH excluding ortho intramolecular Hbond substituents is 1. The van der Waals surface area contributed by atoms with Crippen molar-refractivity contribution < 1.29 is 22.7 Å². The molecule has 1 aromatic heterocycles. The summed E-state index contributed by atoms with van der Waals surface area (Å²) in [5, 5.41) is 15.1. The number of fused-ring (bicyclic) bond motifs is 2. The van der Waals surface area contributed by atoms with Gasteiger partial charge in [-0.25, -0.2) is 12.8 Å². The third kappa shape index (κ3) is 5.46. The topological polar surface area (TPSA) is 111 Å². The number of sulfonamides is 1. The van der Waals surface area contributed by atoms with Crippen molar-refractivity contribution in [2.45, 2.75) is 43.4 Å². The van der Waals surface area contributed by atoms with Gasteiger partial charge in [0.15, 0.2) is 10.7 Å². The highest BCUT2D eigenvalue weighted by atomic mass is 32.2. The van der Waals surface area contributed by atoms with Crippen molar-refractivity contribution in [2.24, 2.45) is 16.7 Å². The molecule has 4 fully saturated rings. The number of nitrogens with one attached hydrogen (secondary N) is 1. The van der Waals surface area contributed by atoms with Crippen molar-refractivity contribution in [2.75, 3.05) is 64.9 Å². The van der Waals surface area contributed by atoms with Gasteiger partial charge in [0.05, 0.1) is 23.6 Å². The zero-order valence-electron chi connectivity index (χ0n) is 27.4. The highest BCUT2D eigenvalue weighted by molar-refractivity contribution is 7.89. The second-order valence-corrected chi connectivity index (χ2v) is 16.6. The van der Waals surface area contributed by atoms with Gasteiger partial charge in [-0.1, -0.05) is 12.0 Å². The third-order valence-electron chi connectivity index (χ3n) is 10.8. The van der Waals surface area contributed by atoms with Gasteiger partial charge in [-0.05, 0) is 93.6 Å². The monoisotopic (exact) mass is 672 g/mol. The molecule has 2 saturated heterocycles. The number of piperidine rings is 1. The normalized spacial score (nSPS) is 21.9. The van der Waals surface area contributed by atoms with E-state index in [4.69, 9.17) is 21.1 Å². The number of rotatable bonds is 9. The standard InChI is InChI=1S/C36H41FN6O4S/c1-4-26-28(37)8-7-24-15-25(44)16-27(31(24)26)30-17-29-32(48(45,46)43(30)18-23-5-6-23)33(42-13-11-35(12-14-42)19-38-20-35)40-34(39-29)47-22-36(9-10-36)21-41(2)3/h1,7-8,15-17,23,38,44H,5-6,9-14,18-22H2,2-3H3. The number of benzene rings is 2. The van der Waals surface area contributed by atoms with Gasteiger partial charge in [0, 0.05) is 55.6 Å². The van der Waals surface area contributed by atoms with Gasteiger partial charge in [0.25, 0.3) is 10.0 Å². The summed E-state index contributed by atoms with van der Waals surface area (Å²) in [7, 11) is -0.127.